The molecule has 0 saturated heterocycles. The summed E-state index contributed by atoms with van der Waals surface area (Å²) in [5, 5.41) is 10.9. The van der Waals surface area contributed by atoms with E-state index in [4.69, 9.17) is 4.74 Å². The van der Waals surface area contributed by atoms with Gasteiger partial charge in [0.25, 0.3) is 0 Å². The number of nitrogens with zero attached hydrogens (tertiary/aromatic N) is 1. The van der Waals surface area contributed by atoms with E-state index in [9.17, 15) is 19.7 Å². The Bertz CT molecular complexity index is 802. The Kier molecular flexibility index (Phi) is 3.98. The maximum atomic E-state index is 11.4. The SMILES string of the molecule is COc1ccc(C=Cc2[nH]c(=O)[nH]c(=O)c2[N+](=O)[O-])cc1. The summed E-state index contributed by atoms with van der Waals surface area (Å²) in [7, 11) is 1.54. The Labute approximate surface area is 117 Å². The zero-order chi connectivity index (χ0) is 15.4. The van der Waals surface area contributed by atoms with E-state index in [1.165, 1.54) is 19.3 Å². The third-order valence-electron chi connectivity index (χ3n) is 2.69. The number of methoxy groups -OCH3 is 1. The van der Waals surface area contributed by atoms with Gasteiger partial charge in [0.2, 0.25) is 0 Å². The molecule has 8 nitrogen and oxygen atoms in total. The lowest BCUT2D eigenvalue weighted by Gasteiger charge is -1.99. The molecule has 0 radical (unpaired) electrons. The van der Waals surface area contributed by atoms with Crippen LogP contribution in [0.25, 0.3) is 12.2 Å². The lowest BCUT2D eigenvalue weighted by molar-refractivity contribution is -0.386. The predicted octanol–water partition coefficient (Wildman–Crippen LogP) is 1.15. The molecular weight excluding hydrogens is 278 g/mol. The van der Waals surface area contributed by atoms with Crippen LogP contribution in [0.1, 0.15) is 11.3 Å². The van der Waals surface area contributed by atoms with Crippen molar-refractivity contribution in [3.05, 3.63) is 66.5 Å². The summed E-state index contributed by atoms with van der Waals surface area (Å²) in [4.78, 5) is 36.7. The van der Waals surface area contributed by atoms with E-state index < -0.39 is 21.9 Å². The molecule has 0 unspecified atom stereocenters. The van der Waals surface area contributed by atoms with Gasteiger partial charge in [0.15, 0.2) is 0 Å². The highest BCUT2D eigenvalue weighted by atomic mass is 16.6. The van der Waals surface area contributed by atoms with Crippen LogP contribution in [0.15, 0.2) is 33.9 Å². The molecule has 108 valence electrons. The number of aromatic nitrogens is 2. The Morgan fingerprint density at radius 3 is 2.38 bits per heavy atom. The van der Waals surface area contributed by atoms with Crippen molar-refractivity contribution >= 4 is 17.8 Å². The second-order valence-corrected chi connectivity index (χ2v) is 4.03. The Hall–Kier alpha value is -3.16. The number of benzene rings is 1. The van der Waals surface area contributed by atoms with Gasteiger partial charge in [-0.1, -0.05) is 18.2 Å². The second kappa shape index (κ2) is 5.87. The van der Waals surface area contributed by atoms with Gasteiger partial charge in [-0.3, -0.25) is 19.9 Å². The van der Waals surface area contributed by atoms with Crippen LogP contribution >= 0.6 is 0 Å². The van der Waals surface area contributed by atoms with Crippen molar-refractivity contribution in [1.82, 2.24) is 9.97 Å². The summed E-state index contributed by atoms with van der Waals surface area (Å²) in [5.74, 6) is 0.669. The molecule has 0 aliphatic rings. The molecule has 1 aromatic heterocycles. The number of nitro groups is 1. The fourth-order valence-corrected chi connectivity index (χ4v) is 1.69. The van der Waals surface area contributed by atoms with Crippen molar-refractivity contribution in [2.24, 2.45) is 0 Å². The maximum Gasteiger partial charge on any atom is 0.357 e. The molecule has 0 saturated carbocycles. The van der Waals surface area contributed by atoms with Gasteiger partial charge in [-0.2, -0.15) is 0 Å². The number of H-pyrrole nitrogens is 2. The van der Waals surface area contributed by atoms with Crippen LogP contribution in [0, 0.1) is 10.1 Å². The van der Waals surface area contributed by atoms with Gasteiger partial charge in [-0.25, -0.2) is 4.79 Å². The Morgan fingerprint density at radius 1 is 1.14 bits per heavy atom. The first kappa shape index (κ1) is 14.3. The normalized spacial score (nSPS) is 10.7. The van der Waals surface area contributed by atoms with Crippen molar-refractivity contribution in [3.63, 3.8) is 0 Å². The van der Waals surface area contributed by atoms with Crippen LogP contribution in [-0.2, 0) is 0 Å². The third-order valence-corrected chi connectivity index (χ3v) is 2.69. The van der Waals surface area contributed by atoms with E-state index >= 15 is 0 Å². The highest BCUT2D eigenvalue weighted by molar-refractivity contribution is 5.71. The van der Waals surface area contributed by atoms with E-state index in [1.54, 1.807) is 24.3 Å². The van der Waals surface area contributed by atoms with Crippen molar-refractivity contribution in [3.8, 4) is 5.75 Å². The van der Waals surface area contributed by atoms with E-state index in [1.807, 2.05) is 4.98 Å². The second-order valence-electron chi connectivity index (χ2n) is 4.03. The molecule has 0 spiro atoms. The Balaban J connectivity index is 2.42. The molecule has 2 N–H and O–H groups in total. The summed E-state index contributed by atoms with van der Waals surface area (Å²) >= 11 is 0. The van der Waals surface area contributed by atoms with Gasteiger partial charge in [-0.05, 0) is 23.8 Å². The number of rotatable bonds is 4. The van der Waals surface area contributed by atoms with Crippen molar-refractivity contribution in [1.29, 1.82) is 0 Å². The smallest absolute Gasteiger partial charge is 0.357 e. The lowest BCUT2D eigenvalue weighted by Crippen LogP contribution is -2.25. The molecule has 0 bridgehead atoms. The fraction of sp³-hybridized carbons (Fsp3) is 0.0769. The van der Waals surface area contributed by atoms with Gasteiger partial charge < -0.3 is 9.72 Å². The zero-order valence-corrected chi connectivity index (χ0v) is 11.0. The largest absolute Gasteiger partial charge is 0.497 e. The minimum absolute atomic E-state index is 0.162. The monoisotopic (exact) mass is 289 g/mol. The summed E-state index contributed by atoms with van der Waals surface area (Å²) in [6.45, 7) is 0. The summed E-state index contributed by atoms with van der Waals surface area (Å²) in [6, 6.07) is 6.89. The number of hydrogen-bond donors (Lipinski definition) is 2. The topological polar surface area (TPSA) is 118 Å². The van der Waals surface area contributed by atoms with Crippen LogP contribution in [0.4, 0.5) is 5.69 Å². The molecule has 8 heteroatoms. The van der Waals surface area contributed by atoms with Crippen molar-refractivity contribution in [2.75, 3.05) is 7.11 Å². The predicted molar refractivity (Wildman–Crippen MR) is 76.3 cm³/mol. The molecule has 0 amide bonds. The number of aromatic amines is 2. The van der Waals surface area contributed by atoms with Gasteiger partial charge in [-0.15, -0.1) is 0 Å². The average molecular weight is 289 g/mol. The molecule has 2 aromatic rings. The number of nitrogens with one attached hydrogen (secondary N) is 2. The summed E-state index contributed by atoms with van der Waals surface area (Å²) in [6.07, 6.45) is 2.84. The van der Waals surface area contributed by atoms with Crippen molar-refractivity contribution < 1.29 is 9.66 Å². The van der Waals surface area contributed by atoms with Gasteiger partial charge in [0, 0.05) is 0 Å². The number of ether oxygens (including phenoxy) is 1. The van der Waals surface area contributed by atoms with Crippen LogP contribution in [0.5, 0.6) is 5.75 Å². The van der Waals surface area contributed by atoms with E-state index in [0.29, 0.717) is 5.75 Å². The van der Waals surface area contributed by atoms with Gasteiger partial charge in [0.1, 0.15) is 11.4 Å². The molecule has 2 rings (SSSR count). The maximum absolute atomic E-state index is 11.4. The zero-order valence-electron chi connectivity index (χ0n) is 11.0. The fourth-order valence-electron chi connectivity index (χ4n) is 1.69. The highest BCUT2D eigenvalue weighted by Gasteiger charge is 2.18. The molecular formula is C13H11N3O5. The quantitative estimate of drug-likeness (QED) is 0.646. The summed E-state index contributed by atoms with van der Waals surface area (Å²) < 4.78 is 5.01. The summed E-state index contributed by atoms with van der Waals surface area (Å²) in [5.41, 5.74) is -1.99. The molecule has 0 aliphatic carbocycles. The molecule has 21 heavy (non-hydrogen) atoms. The van der Waals surface area contributed by atoms with Crippen LogP contribution in [-0.4, -0.2) is 22.0 Å². The third kappa shape index (κ3) is 3.24. The average Bonchev–Trinajstić information content (AvgIpc) is 2.44. The first-order chi connectivity index (χ1) is 10.0. The van der Waals surface area contributed by atoms with Crippen LogP contribution < -0.4 is 16.0 Å². The van der Waals surface area contributed by atoms with Gasteiger partial charge in [0.05, 0.1) is 12.0 Å². The molecule has 1 aromatic carbocycles. The lowest BCUT2D eigenvalue weighted by atomic mass is 10.2. The van der Waals surface area contributed by atoms with Crippen LogP contribution in [0.3, 0.4) is 0 Å². The molecule has 0 aliphatic heterocycles. The minimum Gasteiger partial charge on any atom is -0.497 e. The number of hydrogen-bond acceptors (Lipinski definition) is 5. The first-order valence-electron chi connectivity index (χ1n) is 5.84. The van der Waals surface area contributed by atoms with E-state index in [-0.39, 0.29) is 5.69 Å². The standard InChI is InChI=1S/C13H11N3O5/c1-21-9-5-2-8(3-6-9)4-7-10-11(16(19)20)12(17)15-13(18)14-10/h2-7H,1H3,(H2,14,15,17,18). The molecule has 0 atom stereocenters. The minimum atomic E-state index is -1.04. The molecule has 1 heterocycles. The first-order valence-corrected chi connectivity index (χ1v) is 5.84. The Morgan fingerprint density at radius 2 is 1.81 bits per heavy atom. The van der Waals surface area contributed by atoms with E-state index in [0.717, 1.165) is 5.56 Å². The van der Waals surface area contributed by atoms with E-state index in [2.05, 4.69) is 4.98 Å². The van der Waals surface area contributed by atoms with Crippen LogP contribution in [0.2, 0.25) is 0 Å². The van der Waals surface area contributed by atoms with Crippen molar-refractivity contribution in [2.45, 2.75) is 0 Å². The molecule has 0 fully saturated rings. The van der Waals surface area contributed by atoms with Gasteiger partial charge >= 0.3 is 16.9 Å². The highest BCUT2D eigenvalue weighted by Crippen LogP contribution is 2.15.